The Morgan fingerprint density at radius 2 is 1.03 bits per heavy atom. The lowest BCUT2D eigenvalue weighted by Gasteiger charge is -2.46. The van der Waals surface area contributed by atoms with E-state index in [1.165, 1.54) is 5.56 Å². The fourth-order valence-electron chi connectivity index (χ4n) is 10.00. The SMILES string of the molecule is CCCCCOC(=O)CC[N+]1(C)CCc2c(cc(OC)c(OC)c2OC(=O)CC[N+]2(C)CCc3cc(OC)c(OC)cc3C2Cc2ccc(OC)c(OC)c2)C1Cc1ccc(OC)c(OC)c1. The topological polar surface area (TPSA) is 126 Å². The lowest BCUT2D eigenvalue weighted by atomic mass is 9.85. The summed E-state index contributed by atoms with van der Waals surface area (Å²) in [4.78, 5) is 27.6. The number of esters is 2. The van der Waals surface area contributed by atoms with Crippen LogP contribution in [-0.2, 0) is 40.0 Å². The molecular formula is C53H72N2O12+2. The zero-order chi connectivity index (χ0) is 48.3. The second-order valence-corrected chi connectivity index (χ2v) is 18.0. The lowest BCUT2D eigenvalue weighted by molar-refractivity contribution is -0.941. The van der Waals surface area contributed by atoms with Crippen LogP contribution in [0.1, 0.15) is 84.5 Å². The number of unbranched alkanes of at least 4 members (excludes halogenated alkanes) is 2. The molecule has 4 aromatic carbocycles. The van der Waals surface area contributed by atoms with Crippen molar-refractivity contribution in [2.75, 3.05) is 104 Å². The summed E-state index contributed by atoms with van der Waals surface area (Å²) >= 11 is 0. The fourth-order valence-corrected chi connectivity index (χ4v) is 10.00. The number of carbonyl (C=O) groups excluding carboxylic acids is 2. The van der Waals surface area contributed by atoms with E-state index in [-0.39, 0.29) is 36.9 Å². The van der Waals surface area contributed by atoms with Crippen LogP contribution in [0.4, 0.5) is 0 Å². The smallest absolute Gasteiger partial charge is 0.317 e. The Kier molecular flexibility index (Phi) is 17.2. The highest BCUT2D eigenvalue weighted by molar-refractivity contribution is 5.76. The number of benzene rings is 4. The molecule has 2 heterocycles. The first-order chi connectivity index (χ1) is 32.3. The van der Waals surface area contributed by atoms with Crippen LogP contribution in [0.3, 0.4) is 0 Å². The average Bonchev–Trinajstić information content (AvgIpc) is 3.35. The molecule has 0 fully saturated rings. The van der Waals surface area contributed by atoms with Gasteiger partial charge >= 0.3 is 11.9 Å². The van der Waals surface area contributed by atoms with Crippen molar-refractivity contribution in [2.45, 2.75) is 76.8 Å². The number of rotatable bonds is 23. The maximum atomic E-state index is 14.5. The molecule has 2 aliphatic rings. The molecule has 0 aliphatic carbocycles. The minimum absolute atomic E-state index is 0.0463. The van der Waals surface area contributed by atoms with Crippen molar-refractivity contribution in [1.82, 2.24) is 0 Å². The van der Waals surface area contributed by atoms with Gasteiger partial charge in [0.25, 0.3) is 0 Å². The summed E-state index contributed by atoms with van der Waals surface area (Å²) in [7, 11) is 17.4. The number of nitrogens with zero attached hydrogens (tertiary/aromatic N) is 2. The number of fused-ring (bicyclic) bond motifs is 2. The van der Waals surface area contributed by atoms with Gasteiger partial charge in [0.2, 0.25) is 5.75 Å². The molecule has 0 N–H and O–H groups in total. The molecule has 6 rings (SSSR count). The van der Waals surface area contributed by atoms with Crippen LogP contribution in [0.2, 0.25) is 0 Å². The monoisotopic (exact) mass is 929 g/mol. The normalized spacial score (nSPS) is 19.6. The molecule has 4 atom stereocenters. The van der Waals surface area contributed by atoms with Crippen molar-refractivity contribution in [1.29, 1.82) is 0 Å². The van der Waals surface area contributed by atoms with Crippen LogP contribution in [0.25, 0.3) is 0 Å². The van der Waals surface area contributed by atoms with Crippen LogP contribution in [0, 0.1) is 0 Å². The lowest BCUT2D eigenvalue weighted by Crippen LogP contribution is -2.53. The number of carbonyl (C=O) groups is 2. The minimum atomic E-state index is -0.374. The first-order valence-corrected chi connectivity index (χ1v) is 23.3. The van der Waals surface area contributed by atoms with E-state index in [0.29, 0.717) is 106 Å². The van der Waals surface area contributed by atoms with Crippen molar-refractivity contribution in [3.8, 4) is 51.7 Å². The molecule has 0 bridgehead atoms. The Hall–Kier alpha value is -5.86. The van der Waals surface area contributed by atoms with E-state index in [4.69, 9.17) is 47.4 Å². The van der Waals surface area contributed by atoms with Gasteiger partial charge in [-0.3, -0.25) is 9.59 Å². The van der Waals surface area contributed by atoms with Gasteiger partial charge in [-0.1, -0.05) is 31.9 Å². The third-order valence-electron chi connectivity index (χ3n) is 14.0. The summed E-state index contributed by atoms with van der Waals surface area (Å²) in [5.41, 5.74) is 6.27. The van der Waals surface area contributed by atoms with Crippen LogP contribution in [-0.4, -0.2) is 125 Å². The van der Waals surface area contributed by atoms with Crippen molar-refractivity contribution in [2.24, 2.45) is 0 Å². The summed E-state index contributed by atoms with van der Waals surface area (Å²) in [5.74, 6) is 4.53. The largest absolute Gasteiger partial charge is 0.493 e. The molecule has 0 radical (unpaired) electrons. The van der Waals surface area contributed by atoms with E-state index in [9.17, 15) is 9.59 Å². The molecule has 0 spiro atoms. The van der Waals surface area contributed by atoms with Gasteiger partial charge in [0.05, 0.1) is 117 Å². The van der Waals surface area contributed by atoms with Gasteiger partial charge in [0.15, 0.2) is 46.0 Å². The van der Waals surface area contributed by atoms with Crippen LogP contribution < -0.4 is 42.6 Å². The highest BCUT2D eigenvalue weighted by Crippen LogP contribution is 2.50. The molecule has 0 aromatic heterocycles. The van der Waals surface area contributed by atoms with Gasteiger partial charge in [-0.05, 0) is 65.6 Å². The Morgan fingerprint density at radius 1 is 0.537 bits per heavy atom. The highest BCUT2D eigenvalue weighted by Gasteiger charge is 2.44. The molecule has 67 heavy (non-hydrogen) atoms. The van der Waals surface area contributed by atoms with Crippen LogP contribution in [0.5, 0.6) is 51.7 Å². The predicted molar refractivity (Wildman–Crippen MR) is 256 cm³/mol. The number of hydrogen-bond acceptors (Lipinski definition) is 12. The van der Waals surface area contributed by atoms with Crippen molar-refractivity contribution >= 4 is 11.9 Å². The number of hydrogen-bond donors (Lipinski definition) is 0. The van der Waals surface area contributed by atoms with E-state index in [1.807, 2.05) is 36.4 Å². The zero-order valence-corrected chi connectivity index (χ0v) is 41.5. The summed E-state index contributed by atoms with van der Waals surface area (Å²) in [5, 5.41) is 0. The highest BCUT2D eigenvalue weighted by atomic mass is 16.6. The maximum absolute atomic E-state index is 14.5. The molecular weight excluding hydrogens is 857 g/mol. The Balaban J connectivity index is 1.33. The van der Waals surface area contributed by atoms with E-state index in [2.05, 4.69) is 39.2 Å². The van der Waals surface area contributed by atoms with Gasteiger partial charge in [-0.2, -0.15) is 0 Å². The maximum Gasteiger partial charge on any atom is 0.317 e. The third-order valence-corrected chi connectivity index (χ3v) is 14.0. The number of likely N-dealkylation sites (N-methyl/N-ethyl adjacent to an activating group) is 2. The molecule has 0 amide bonds. The number of quaternary nitrogens is 2. The van der Waals surface area contributed by atoms with Crippen LogP contribution in [0.15, 0.2) is 54.6 Å². The molecule has 4 unspecified atom stereocenters. The molecule has 364 valence electrons. The Labute approximate surface area is 397 Å². The predicted octanol–water partition coefficient (Wildman–Crippen LogP) is 8.45. The Morgan fingerprint density at radius 3 is 1.57 bits per heavy atom. The van der Waals surface area contributed by atoms with E-state index >= 15 is 0 Å². The quantitative estimate of drug-likeness (QED) is 0.0307. The Bertz CT molecular complexity index is 2350. The molecule has 0 saturated carbocycles. The number of methoxy groups -OCH3 is 8. The average molecular weight is 929 g/mol. The first-order valence-electron chi connectivity index (χ1n) is 23.3. The second-order valence-electron chi connectivity index (χ2n) is 18.0. The van der Waals surface area contributed by atoms with E-state index in [0.717, 1.165) is 60.0 Å². The zero-order valence-electron chi connectivity index (χ0n) is 41.5. The molecule has 4 aromatic rings. The third kappa shape index (κ3) is 11.3. The number of ether oxygens (including phenoxy) is 10. The summed E-state index contributed by atoms with van der Waals surface area (Å²) in [6.07, 6.45) is 5.95. The van der Waals surface area contributed by atoms with Crippen molar-refractivity contribution in [3.05, 3.63) is 88.0 Å². The minimum Gasteiger partial charge on any atom is -0.493 e. The molecule has 14 nitrogen and oxygen atoms in total. The molecule has 2 aliphatic heterocycles. The van der Waals surface area contributed by atoms with Crippen molar-refractivity contribution in [3.63, 3.8) is 0 Å². The fraction of sp³-hybridized carbons (Fsp3) is 0.509. The first kappa shape index (κ1) is 50.6. The van der Waals surface area contributed by atoms with Gasteiger partial charge in [-0.25, -0.2) is 0 Å². The van der Waals surface area contributed by atoms with Gasteiger partial charge in [0.1, 0.15) is 12.1 Å². The summed E-state index contributed by atoms with van der Waals surface area (Å²) < 4.78 is 59.3. The van der Waals surface area contributed by atoms with Gasteiger partial charge < -0.3 is 56.3 Å². The van der Waals surface area contributed by atoms with Crippen molar-refractivity contribution < 1.29 is 65.9 Å². The molecule has 0 saturated heterocycles. The van der Waals surface area contributed by atoms with Gasteiger partial charge in [-0.15, -0.1) is 0 Å². The summed E-state index contributed by atoms with van der Waals surface area (Å²) in [6.45, 7) is 5.07. The van der Waals surface area contributed by atoms with Gasteiger partial charge in [0, 0.05) is 42.4 Å². The second kappa shape index (κ2) is 22.8. The molecule has 14 heteroatoms. The summed E-state index contributed by atoms with van der Waals surface area (Å²) in [6, 6.07) is 17.9. The van der Waals surface area contributed by atoms with Crippen LogP contribution >= 0.6 is 0 Å². The standard InChI is InChI=1S/C53H72N2O12/c1-12-13-14-27-66-50(56)21-25-55(3)24-20-38-40(42(55)29-36-16-18-44(59-5)46(31-36)61-7)34-49(64-10)53(65-11)52(38)67-51(57)22-26-54(2)23-19-37-32-47(62-8)48(63-9)33-39(37)41(54)28-35-15-17-43(58-4)45(30-35)60-6/h15-18,30-34,41-42H,12-14,19-29H2,1-11H3/q+2. The van der Waals surface area contributed by atoms with E-state index < -0.39 is 0 Å². The van der Waals surface area contributed by atoms with E-state index in [1.54, 1.807) is 56.9 Å².